The first-order chi connectivity index (χ1) is 13.6. The molecule has 0 radical (unpaired) electrons. The predicted molar refractivity (Wildman–Crippen MR) is 103 cm³/mol. The van der Waals surface area contributed by atoms with Crippen LogP contribution in [0.5, 0.6) is 0 Å². The standard InChI is InChI=1S/C20H27N7O/c1-25-17-16(23-24-25)18(22-12-21-17)26-2-4-27(5-3-26)19(28)20-9-13-6-14(10-20)8-15(7-13)11-20/h12-15H,2-11H2,1H3. The summed E-state index contributed by atoms with van der Waals surface area (Å²) in [5.74, 6) is 3.70. The molecule has 0 atom stereocenters. The number of carbonyl (C=O) groups excluding carboxylic acids is 1. The van der Waals surface area contributed by atoms with Crippen LogP contribution >= 0.6 is 0 Å². The van der Waals surface area contributed by atoms with Crippen LogP contribution in [0.1, 0.15) is 38.5 Å². The van der Waals surface area contributed by atoms with Crippen molar-refractivity contribution in [2.45, 2.75) is 38.5 Å². The fourth-order valence-corrected chi connectivity index (χ4v) is 6.90. The molecule has 4 aliphatic carbocycles. The van der Waals surface area contributed by atoms with Gasteiger partial charge in [0, 0.05) is 33.2 Å². The van der Waals surface area contributed by atoms with E-state index in [9.17, 15) is 4.79 Å². The molecule has 8 heteroatoms. The Kier molecular flexibility index (Phi) is 3.50. The van der Waals surface area contributed by atoms with Gasteiger partial charge in [-0.1, -0.05) is 5.21 Å². The van der Waals surface area contributed by atoms with E-state index < -0.39 is 0 Å². The van der Waals surface area contributed by atoms with Gasteiger partial charge >= 0.3 is 0 Å². The highest BCUT2D eigenvalue weighted by Gasteiger charge is 2.55. The maximum atomic E-state index is 13.6. The molecule has 2 aromatic rings. The van der Waals surface area contributed by atoms with E-state index in [2.05, 4.69) is 30.1 Å². The van der Waals surface area contributed by atoms with E-state index in [4.69, 9.17) is 0 Å². The first-order valence-electron chi connectivity index (χ1n) is 10.7. The summed E-state index contributed by atoms with van der Waals surface area (Å²) < 4.78 is 1.67. The zero-order valence-corrected chi connectivity index (χ0v) is 16.4. The highest BCUT2D eigenvalue weighted by molar-refractivity contribution is 5.85. The third kappa shape index (κ3) is 2.39. The fraction of sp³-hybridized carbons (Fsp3) is 0.750. The smallest absolute Gasteiger partial charge is 0.228 e. The van der Waals surface area contributed by atoms with Gasteiger partial charge in [0.2, 0.25) is 5.91 Å². The zero-order valence-electron chi connectivity index (χ0n) is 16.4. The third-order valence-corrected chi connectivity index (χ3v) is 7.73. The Bertz CT molecular complexity index is 894. The van der Waals surface area contributed by atoms with Crippen LogP contribution in [-0.4, -0.2) is 61.9 Å². The van der Waals surface area contributed by atoms with E-state index in [1.165, 1.54) is 19.3 Å². The number of aryl methyl sites for hydroxylation is 1. The number of nitrogens with zero attached hydrogens (tertiary/aromatic N) is 7. The number of aromatic nitrogens is 5. The highest BCUT2D eigenvalue weighted by atomic mass is 16.2. The molecule has 0 N–H and O–H groups in total. The van der Waals surface area contributed by atoms with E-state index >= 15 is 0 Å². The Hall–Kier alpha value is -2.25. The second kappa shape index (κ2) is 5.87. The van der Waals surface area contributed by atoms with Gasteiger partial charge in [-0.25, -0.2) is 14.6 Å². The lowest BCUT2D eigenvalue weighted by Crippen LogP contribution is -2.58. The van der Waals surface area contributed by atoms with Crippen molar-refractivity contribution in [3.63, 3.8) is 0 Å². The number of rotatable bonds is 2. The molecule has 148 valence electrons. The number of carbonyl (C=O) groups is 1. The van der Waals surface area contributed by atoms with E-state index in [1.54, 1.807) is 11.0 Å². The van der Waals surface area contributed by atoms with Crippen molar-refractivity contribution in [2.24, 2.45) is 30.2 Å². The molecular weight excluding hydrogens is 354 g/mol. The minimum absolute atomic E-state index is 0.0377. The summed E-state index contributed by atoms with van der Waals surface area (Å²) in [4.78, 5) is 26.7. The molecular formula is C20H27N7O. The minimum atomic E-state index is -0.0377. The van der Waals surface area contributed by atoms with Gasteiger partial charge in [-0.2, -0.15) is 0 Å². The van der Waals surface area contributed by atoms with Gasteiger partial charge in [0.15, 0.2) is 17.0 Å². The number of anilines is 1. The van der Waals surface area contributed by atoms with Crippen molar-refractivity contribution in [1.82, 2.24) is 29.9 Å². The molecule has 5 fully saturated rings. The molecule has 28 heavy (non-hydrogen) atoms. The SMILES string of the molecule is Cn1nnc2c(N3CCN(C(=O)C45CC6CC(CC(C6)C4)C5)CC3)ncnc21. The second-order valence-corrected chi connectivity index (χ2v) is 9.56. The summed E-state index contributed by atoms with van der Waals surface area (Å²) in [6.45, 7) is 3.13. The van der Waals surface area contributed by atoms with Crippen LogP contribution in [-0.2, 0) is 11.8 Å². The second-order valence-electron chi connectivity index (χ2n) is 9.56. The topological polar surface area (TPSA) is 80.0 Å². The molecule has 4 bridgehead atoms. The predicted octanol–water partition coefficient (Wildman–Crippen LogP) is 1.62. The van der Waals surface area contributed by atoms with Crippen molar-refractivity contribution >= 4 is 22.9 Å². The first kappa shape index (κ1) is 16.7. The van der Waals surface area contributed by atoms with Gasteiger partial charge in [-0.05, 0) is 56.3 Å². The number of amides is 1. The maximum absolute atomic E-state index is 13.6. The summed E-state index contributed by atoms with van der Waals surface area (Å²) in [5.41, 5.74) is 1.45. The molecule has 1 saturated heterocycles. The van der Waals surface area contributed by atoms with Crippen molar-refractivity contribution in [3.05, 3.63) is 6.33 Å². The van der Waals surface area contributed by atoms with Crippen LogP contribution in [0.25, 0.3) is 11.2 Å². The number of fused-ring (bicyclic) bond motifs is 1. The number of piperazine rings is 1. The maximum Gasteiger partial charge on any atom is 0.228 e. The summed E-state index contributed by atoms with van der Waals surface area (Å²) in [5, 5.41) is 8.31. The zero-order chi connectivity index (χ0) is 18.9. The van der Waals surface area contributed by atoms with Crippen molar-refractivity contribution in [1.29, 1.82) is 0 Å². The van der Waals surface area contributed by atoms with Crippen LogP contribution in [0.3, 0.4) is 0 Å². The summed E-state index contributed by atoms with van der Waals surface area (Å²) in [6, 6.07) is 0. The lowest BCUT2D eigenvalue weighted by Gasteiger charge is -2.57. The normalized spacial score (nSPS) is 34.4. The molecule has 2 aromatic heterocycles. The van der Waals surface area contributed by atoms with E-state index in [1.807, 2.05) is 7.05 Å². The average Bonchev–Trinajstić information content (AvgIpc) is 3.08. The van der Waals surface area contributed by atoms with Crippen molar-refractivity contribution in [2.75, 3.05) is 31.1 Å². The third-order valence-electron chi connectivity index (χ3n) is 7.73. The lowest BCUT2D eigenvalue weighted by molar-refractivity contribution is -0.158. The van der Waals surface area contributed by atoms with Crippen molar-refractivity contribution < 1.29 is 4.79 Å². The fourth-order valence-electron chi connectivity index (χ4n) is 6.90. The number of hydrogen-bond donors (Lipinski definition) is 0. The van der Waals surface area contributed by atoms with Gasteiger partial charge in [0.05, 0.1) is 5.41 Å². The Morgan fingerprint density at radius 2 is 1.64 bits per heavy atom. The summed E-state index contributed by atoms with van der Waals surface area (Å²) >= 11 is 0. The van der Waals surface area contributed by atoms with E-state index in [-0.39, 0.29) is 5.41 Å². The van der Waals surface area contributed by atoms with E-state index in [0.717, 1.165) is 80.2 Å². The van der Waals surface area contributed by atoms with E-state index in [0.29, 0.717) is 5.91 Å². The molecule has 0 aromatic carbocycles. The molecule has 0 unspecified atom stereocenters. The molecule has 7 rings (SSSR count). The van der Waals surface area contributed by atoms with Gasteiger partial charge in [0.25, 0.3) is 0 Å². The first-order valence-corrected chi connectivity index (χ1v) is 10.7. The van der Waals surface area contributed by atoms with Crippen LogP contribution in [0.15, 0.2) is 6.33 Å². The summed E-state index contributed by atoms with van der Waals surface area (Å²) in [6.07, 6.45) is 9.14. The Labute approximate surface area is 164 Å². The van der Waals surface area contributed by atoms with Crippen LogP contribution in [0, 0.1) is 23.2 Å². The van der Waals surface area contributed by atoms with Gasteiger partial charge in [-0.3, -0.25) is 4.79 Å². The molecule has 8 nitrogen and oxygen atoms in total. The van der Waals surface area contributed by atoms with Gasteiger partial charge in [-0.15, -0.1) is 5.10 Å². The van der Waals surface area contributed by atoms with Gasteiger partial charge in [0.1, 0.15) is 6.33 Å². The van der Waals surface area contributed by atoms with Gasteiger partial charge < -0.3 is 9.80 Å². The quantitative estimate of drug-likeness (QED) is 0.787. The highest BCUT2D eigenvalue weighted by Crippen LogP contribution is 2.60. The molecule has 3 heterocycles. The molecule has 1 amide bonds. The largest absolute Gasteiger partial charge is 0.351 e. The molecule has 5 aliphatic rings. The summed E-state index contributed by atoms with van der Waals surface area (Å²) in [7, 11) is 1.84. The molecule has 0 spiro atoms. The molecule has 1 aliphatic heterocycles. The van der Waals surface area contributed by atoms with Crippen LogP contribution in [0.2, 0.25) is 0 Å². The minimum Gasteiger partial charge on any atom is -0.351 e. The van der Waals surface area contributed by atoms with Crippen molar-refractivity contribution in [3.8, 4) is 0 Å². The Balaban J connectivity index is 1.19. The lowest BCUT2D eigenvalue weighted by atomic mass is 9.49. The van der Waals surface area contributed by atoms with Crippen LogP contribution in [0.4, 0.5) is 5.82 Å². The monoisotopic (exact) mass is 381 g/mol. The number of hydrogen-bond acceptors (Lipinski definition) is 6. The molecule has 4 saturated carbocycles. The average molecular weight is 381 g/mol. The van der Waals surface area contributed by atoms with Crippen LogP contribution < -0.4 is 4.90 Å². The Morgan fingerprint density at radius 1 is 1.00 bits per heavy atom. The Morgan fingerprint density at radius 3 is 2.29 bits per heavy atom.